The Morgan fingerprint density at radius 2 is 2.08 bits per heavy atom. The maximum absolute atomic E-state index is 10.0. The molecule has 0 aliphatic heterocycles. The molecule has 1 N–H and O–H groups in total. The Balaban J connectivity index is 2.68. The summed E-state index contributed by atoms with van der Waals surface area (Å²) in [5, 5.41) is 9.03. The Hall–Kier alpha value is -0.930. The van der Waals surface area contributed by atoms with Crippen molar-refractivity contribution < 1.29 is 14.6 Å². The molecule has 0 bridgehead atoms. The predicted octanol–water partition coefficient (Wildman–Crippen LogP) is 3.19. The standard InChI is InChI=1S/C8H6Cl2O3/c9-6-2-1-5(3-7(6)10)4-13-8(11)12/h1-3H,4H2,(H,11,12). The Morgan fingerprint density at radius 3 is 2.62 bits per heavy atom. The van der Waals surface area contributed by atoms with Crippen LogP contribution in [0.1, 0.15) is 5.56 Å². The highest BCUT2D eigenvalue weighted by atomic mass is 35.5. The molecule has 0 saturated carbocycles. The molecule has 0 radical (unpaired) electrons. The van der Waals surface area contributed by atoms with Gasteiger partial charge >= 0.3 is 6.16 Å². The minimum Gasteiger partial charge on any atom is -0.450 e. The molecule has 1 aromatic carbocycles. The summed E-state index contributed by atoms with van der Waals surface area (Å²) in [5.41, 5.74) is 0.664. The van der Waals surface area contributed by atoms with Gasteiger partial charge in [0.25, 0.3) is 0 Å². The molecule has 0 aliphatic carbocycles. The summed E-state index contributed by atoms with van der Waals surface area (Å²) in [4.78, 5) is 10.0. The lowest BCUT2D eigenvalue weighted by molar-refractivity contribution is 0.0854. The predicted molar refractivity (Wildman–Crippen MR) is 49.3 cm³/mol. The van der Waals surface area contributed by atoms with Crippen LogP contribution in [0.3, 0.4) is 0 Å². The lowest BCUT2D eigenvalue weighted by Crippen LogP contribution is -1.99. The third-order valence-electron chi connectivity index (χ3n) is 1.35. The third-order valence-corrected chi connectivity index (χ3v) is 2.09. The fourth-order valence-electron chi connectivity index (χ4n) is 0.774. The van der Waals surface area contributed by atoms with Crippen LogP contribution in [-0.2, 0) is 11.3 Å². The summed E-state index contributed by atoms with van der Waals surface area (Å²) in [6.07, 6.45) is -1.31. The van der Waals surface area contributed by atoms with Crippen LogP contribution in [0, 0.1) is 0 Å². The lowest BCUT2D eigenvalue weighted by atomic mass is 10.2. The molecule has 0 aliphatic rings. The van der Waals surface area contributed by atoms with Crippen molar-refractivity contribution in [3.63, 3.8) is 0 Å². The van der Waals surface area contributed by atoms with Crippen LogP contribution in [0.15, 0.2) is 18.2 Å². The second-order valence-electron chi connectivity index (χ2n) is 2.30. The van der Waals surface area contributed by atoms with Gasteiger partial charge in [-0.25, -0.2) is 4.79 Å². The van der Waals surface area contributed by atoms with Gasteiger partial charge in [-0.1, -0.05) is 29.3 Å². The van der Waals surface area contributed by atoms with Crippen molar-refractivity contribution >= 4 is 29.4 Å². The molecule has 13 heavy (non-hydrogen) atoms. The number of carboxylic acid groups (broad SMARTS) is 1. The first kappa shape index (κ1) is 10.2. The molecule has 3 nitrogen and oxygen atoms in total. The van der Waals surface area contributed by atoms with Crippen molar-refractivity contribution in [1.29, 1.82) is 0 Å². The molecule has 0 amide bonds. The Morgan fingerprint density at radius 1 is 1.38 bits per heavy atom. The first-order chi connectivity index (χ1) is 6.09. The summed E-state index contributed by atoms with van der Waals surface area (Å²) in [7, 11) is 0. The van der Waals surface area contributed by atoms with Gasteiger partial charge in [0, 0.05) is 0 Å². The average molecular weight is 221 g/mol. The van der Waals surface area contributed by atoms with Crippen LogP contribution in [0.25, 0.3) is 0 Å². The van der Waals surface area contributed by atoms with Crippen LogP contribution in [0.2, 0.25) is 10.0 Å². The van der Waals surface area contributed by atoms with Gasteiger partial charge in [-0.2, -0.15) is 0 Å². The van der Waals surface area contributed by atoms with Crippen LogP contribution in [0.4, 0.5) is 4.79 Å². The molecular weight excluding hydrogens is 215 g/mol. The molecule has 0 heterocycles. The van der Waals surface area contributed by atoms with E-state index in [1.807, 2.05) is 0 Å². The minimum atomic E-state index is -1.31. The molecule has 1 rings (SSSR count). The van der Waals surface area contributed by atoms with Crippen LogP contribution in [-0.4, -0.2) is 11.3 Å². The number of carbonyl (C=O) groups is 1. The number of benzene rings is 1. The van der Waals surface area contributed by atoms with Crippen LogP contribution >= 0.6 is 23.2 Å². The van der Waals surface area contributed by atoms with Gasteiger partial charge in [0.1, 0.15) is 6.61 Å². The summed E-state index contributed by atoms with van der Waals surface area (Å²) < 4.78 is 4.34. The number of hydrogen-bond acceptors (Lipinski definition) is 2. The molecule has 5 heteroatoms. The molecule has 70 valence electrons. The van der Waals surface area contributed by atoms with Gasteiger partial charge in [-0.3, -0.25) is 0 Å². The van der Waals surface area contributed by atoms with Crippen LogP contribution < -0.4 is 0 Å². The van der Waals surface area contributed by atoms with E-state index in [4.69, 9.17) is 28.3 Å². The Bertz CT molecular complexity index is 325. The second kappa shape index (κ2) is 4.35. The van der Waals surface area contributed by atoms with E-state index in [0.717, 1.165) is 0 Å². The molecule has 0 spiro atoms. The van der Waals surface area contributed by atoms with Crippen molar-refractivity contribution in [3.05, 3.63) is 33.8 Å². The molecule has 0 saturated heterocycles. The number of hydrogen-bond donors (Lipinski definition) is 1. The van der Waals surface area contributed by atoms with E-state index >= 15 is 0 Å². The fourth-order valence-corrected chi connectivity index (χ4v) is 1.10. The summed E-state index contributed by atoms with van der Waals surface area (Å²) in [6.45, 7) is -0.0216. The number of rotatable bonds is 2. The van der Waals surface area contributed by atoms with Gasteiger partial charge < -0.3 is 9.84 Å². The maximum atomic E-state index is 10.0. The summed E-state index contributed by atoms with van der Waals surface area (Å²) in [5.74, 6) is 0. The lowest BCUT2D eigenvalue weighted by Gasteiger charge is -2.01. The van der Waals surface area contributed by atoms with E-state index in [-0.39, 0.29) is 6.61 Å². The highest BCUT2D eigenvalue weighted by Gasteiger charge is 2.01. The van der Waals surface area contributed by atoms with Gasteiger partial charge in [0.05, 0.1) is 10.0 Å². The van der Waals surface area contributed by atoms with E-state index in [0.29, 0.717) is 15.6 Å². The fraction of sp³-hybridized carbons (Fsp3) is 0.125. The maximum Gasteiger partial charge on any atom is 0.506 e. The summed E-state index contributed by atoms with van der Waals surface area (Å²) in [6, 6.07) is 4.80. The molecule has 0 aromatic heterocycles. The zero-order chi connectivity index (χ0) is 9.84. The topological polar surface area (TPSA) is 46.5 Å². The van der Waals surface area contributed by atoms with Crippen molar-refractivity contribution in [2.24, 2.45) is 0 Å². The normalized spacial score (nSPS) is 9.69. The molecule has 0 fully saturated rings. The highest BCUT2D eigenvalue weighted by Crippen LogP contribution is 2.22. The largest absolute Gasteiger partial charge is 0.506 e. The van der Waals surface area contributed by atoms with E-state index in [1.54, 1.807) is 18.2 Å². The zero-order valence-corrected chi connectivity index (χ0v) is 7.97. The third kappa shape index (κ3) is 3.13. The minimum absolute atomic E-state index is 0.0216. The van der Waals surface area contributed by atoms with Gasteiger partial charge in [-0.05, 0) is 17.7 Å². The van der Waals surface area contributed by atoms with Crippen molar-refractivity contribution in [2.75, 3.05) is 0 Å². The quantitative estimate of drug-likeness (QED) is 0.780. The highest BCUT2D eigenvalue weighted by molar-refractivity contribution is 6.42. The molecule has 1 aromatic rings. The van der Waals surface area contributed by atoms with E-state index in [1.165, 1.54) is 0 Å². The van der Waals surface area contributed by atoms with E-state index in [9.17, 15) is 4.79 Å². The molecule has 0 unspecified atom stereocenters. The monoisotopic (exact) mass is 220 g/mol. The summed E-state index contributed by atoms with van der Waals surface area (Å²) >= 11 is 11.3. The second-order valence-corrected chi connectivity index (χ2v) is 3.12. The SMILES string of the molecule is O=C(O)OCc1ccc(Cl)c(Cl)c1. The van der Waals surface area contributed by atoms with Gasteiger partial charge in [0.15, 0.2) is 0 Å². The van der Waals surface area contributed by atoms with Gasteiger partial charge in [-0.15, -0.1) is 0 Å². The van der Waals surface area contributed by atoms with E-state index < -0.39 is 6.16 Å². The first-order valence-corrected chi connectivity index (χ1v) is 4.15. The average Bonchev–Trinajstić information content (AvgIpc) is 2.07. The Labute approximate surface area is 84.8 Å². The van der Waals surface area contributed by atoms with Crippen molar-refractivity contribution in [3.8, 4) is 0 Å². The van der Waals surface area contributed by atoms with Crippen LogP contribution in [0.5, 0.6) is 0 Å². The molecule has 0 atom stereocenters. The zero-order valence-electron chi connectivity index (χ0n) is 6.46. The van der Waals surface area contributed by atoms with Gasteiger partial charge in [0.2, 0.25) is 0 Å². The smallest absolute Gasteiger partial charge is 0.450 e. The molecular formula is C8H6Cl2O3. The Kier molecular flexibility index (Phi) is 3.39. The van der Waals surface area contributed by atoms with Crippen molar-refractivity contribution in [1.82, 2.24) is 0 Å². The van der Waals surface area contributed by atoms with E-state index in [2.05, 4.69) is 4.74 Å². The number of ether oxygens (including phenoxy) is 1. The first-order valence-electron chi connectivity index (χ1n) is 3.39. The number of halogens is 2. The van der Waals surface area contributed by atoms with Crippen molar-refractivity contribution in [2.45, 2.75) is 6.61 Å².